The quantitative estimate of drug-likeness (QED) is 0.818. The Morgan fingerprint density at radius 2 is 1.55 bits per heavy atom. The van der Waals surface area contributed by atoms with Gasteiger partial charge in [0, 0.05) is 44.9 Å². The molecule has 3 heterocycles. The van der Waals surface area contributed by atoms with Crippen LogP contribution in [-0.2, 0) is 11.2 Å². The number of rotatable bonds is 3. The summed E-state index contributed by atoms with van der Waals surface area (Å²) in [6.45, 7) is 4.57. The van der Waals surface area contributed by atoms with E-state index in [1.54, 1.807) is 0 Å². The minimum atomic E-state index is -0.0441. The Hall–Kier alpha value is -2.37. The molecule has 31 heavy (non-hydrogen) atoms. The van der Waals surface area contributed by atoms with E-state index in [-0.39, 0.29) is 18.1 Å². The number of hydrogen-bond donors (Lipinski definition) is 1. The SMILES string of the molecule is O=C1NCCc2ccccc2C(c2ccccc2)N1C1CCN(C2CCOCC2)CC1. The van der Waals surface area contributed by atoms with E-state index in [9.17, 15) is 4.79 Å². The summed E-state index contributed by atoms with van der Waals surface area (Å²) in [5.41, 5.74) is 3.80. The van der Waals surface area contributed by atoms with Crippen LogP contribution in [0.3, 0.4) is 0 Å². The molecule has 164 valence electrons. The minimum Gasteiger partial charge on any atom is -0.381 e. The number of piperidine rings is 1. The highest BCUT2D eigenvalue weighted by Crippen LogP contribution is 2.36. The molecular formula is C26H33N3O2. The van der Waals surface area contributed by atoms with Gasteiger partial charge < -0.3 is 19.9 Å². The molecule has 1 N–H and O–H groups in total. The van der Waals surface area contributed by atoms with E-state index < -0.39 is 0 Å². The van der Waals surface area contributed by atoms with Crippen LogP contribution in [-0.4, -0.2) is 60.8 Å². The summed E-state index contributed by atoms with van der Waals surface area (Å²) < 4.78 is 5.56. The third kappa shape index (κ3) is 4.35. The Kier molecular flexibility index (Phi) is 6.23. The molecule has 3 aliphatic heterocycles. The molecule has 0 spiro atoms. The van der Waals surface area contributed by atoms with Gasteiger partial charge in [-0.1, -0.05) is 54.6 Å². The van der Waals surface area contributed by atoms with Crippen LogP contribution in [0.2, 0.25) is 0 Å². The number of likely N-dealkylation sites (tertiary alicyclic amines) is 1. The Balaban J connectivity index is 1.44. The second kappa shape index (κ2) is 9.41. The van der Waals surface area contributed by atoms with Crippen molar-refractivity contribution in [2.45, 2.75) is 50.2 Å². The number of carbonyl (C=O) groups excluding carboxylic acids is 1. The average molecular weight is 420 g/mol. The van der Waals surface area contributed by atoms with Crippen molar-refractivity contribution >= 4 is 6.03 Å². The Labute approximate surface area is 185 Å². The van der Waals surface area contributed by atoms with Gasteiger partial charge in [0.2, 0.25) is 0 Å². The maximum atomic E-state index is 13.4. The number of ether oxygens (including phenoxy) is 1. The largest absolute Gasteiger partial charge is 0.381 e. The second-order valence-corrected chi connectivity index (χ2v) is 9.01. The number of benzene rings is 2. The van der Waals surface area contributed by atoms with E-state index in [0.717, 1.165) is 58.4 Å². The molecule has 0 bridgehead atoms. The van der Waals surface area contributed by atoms with Crippen LogP contribution in [0.4, 0.5) is 4.79 Å². The normalized spacial score (nSPS) is 24.2. The lowest BCUT2D eigenvalue weighted by molar-refractivity contribution is 0.0146. The maximum Gasteiger partial charge on any atom is 0.318 e. The fraction of sp³-hybridized carbons (Fsp3) is 0.500. The van der Waals surface area contributed by atoms with E-state index in [4.69, 9.17) is 4.74 Å². The van der Waals surface area contributed by atoms with Crippen molar-refractivity contribution in [1.29, 1.82) is 0 Å². The van der Waals surface area contributed by atoms with Gasteiger partial charge in [-0.2, -0.15) is 0 Å². The van der Waals surface area contributed by atoms with Crippen LogP contribution in [0.15, 0.2) is 54.6 Å². The lowest BCUT2D eigenvalue weighted by atomic mass is 9.88. The number of hydrogen-bond acceptors (Lipinski definition) is 3. The Bertz CT molecular complexity index is 873. The van der Waals surface area contributed by atoms with E-state index in [1.807, 2.05) is 0 Å². The van der Waals surface area contributed by atoms with Crippen LogP contribution in [0.5, 0.6) is 0 Å². The lowest BCUT2D eigenvalue weighted by Crippen LogP contribution is -2.55. The topological polar surface area (TPSA) is 44.8 Å². The first-order valence-corrected chi connectivity index (χ1v) is 11.8. The van der Waals surface area contributed by atoms with Crippen LogP contribution in [0.1, 0.15) is 48.4 Å². The van der Waals surface area contributed by atoms with Crippen LogP contribution in [0.25, 0.3) is 0 Å². The van der Waals surface area contributed by atoms with Gasteiger partial charge in [-0.05, 0) is 48.8 Å². The highest BCUT2D eigenvalue weighted by Gasteiger charge is 2.37. The number of fused-ring (bicyclic) bond motifs is 1. The third-order valence-corrected chi connectivity index (χ3v) is 7.25. The summed E-state index contributed by atoms with van der Waals surface area (Å²) in [7, 11) is 0. The number of nitrogens with zero attached hydrogens (tertiary/aromatic N) is 2. The van der Waals surface area contributed by atoms with E-state index in [2.05, 4.69) is 69.7 Å². The molecule has 1 unspecified atom stereocenters. The molecule has 1 atom stereocenters. The van der Waals surface area contributed by atoms with Gasteiger partial charge in [0.05, 0.1) is 6.04 Å². The van der Waals surface area contributed by atoms with Gasteiger partial charge in [0.25, 0.3) is 0 Å². The van der Waals surface area contributed by atoms with Gasteiger partial charge in [-0.3, -0.25) is 0 Å². The van der Waals surface area contributed by atoms with Gasteiger partial charge in [0.1, 0.15) is 0 Å². The number of amides is 2. The number of carbonyl (C=O) groups is 1. The van der Waals surface area contributed by atoms with Gasteiger partial charge in [-0.15, -0.1) is 0 Å². The molecule has 2 amide bonds. The fourth-order valence-corrected chi connectivity index (χ4v) is 5.62. The Morgan fingerprint density at radius 1 is 0.839 bits per heavy atom. The molecule has 0 saturated carbocycles. The molecule has 5 heteroatoms. The van der Waals surface area contributed by atoms with E-state index in [1.165, 1.54) is 16.7 Å². The summed E-state index contributed by atoms with van der Waals surface area (Å²) >= 11 is 0. The number of nitrogens with one attached hydrogen (secondary N) is 1. The van der Waals surface area contributed by atoms with Gasteiger partial charge in [-0.25, -0.2) is 4.79 Å². The van der Waals surface area contributed by atoms with Crippen molar-refractivity contribution in [2.24, 2.45) is 0 Å². The summed E-state index contributed by atoms with van der Waals surface area (Å²) in [5.74, 6) is 0. The van der Waals surface area contributed by atoms with Gasteiger partial charge in [0.15, 0.2) is 0 Å². The first-order chi connectivity index (χ1) is 15.3. The van der Waals surface area contributed by atoms with Crippen LogP contribution in [0, 0.1) is 0 Å². The van der Waals surface area contributed by atoms with Crippen LogP contribution >= 0.6 is 0 Å². The average Bonchev–Trinajstić information content (AvgIpc) is 2.83. The molecule has 3 aliphatic rings. The monoisotopic (exact) mass is 419 g/mol. The van der Waals surface area contributed by atoms with Crippen molar-refractivity contribution in [1.82, 2.24) is 15.1 Å². The zero-order valence-electron chi connectivity index (χ0n) is 18.2. The predicted molar refractivity (Wildman–Crippen MR) is 122 cm³/mol. The smallest absolute Gasteiger partial charge is 0.318 e. The van der Waals surface area contributed by atoms with Crippen molar-refractivity contribution < 1.29 is 9.53 Å². The molecule has 5 rings (SSSR count). The van der Waals surface area contributed by atoms with Crippen molar-refractivity contribution in [2.75, 3.05) is 32.8 Å². The Morgan fingerprint density at radius 3 is 2.32 bits per heavy atom. The first-order valence-electron chi connectivity index (χ1n) is 11.8. The van der Waals surface area contributed by atoms with Crippen molar-refractivity contribution in [3.63, 3.8) is 0 Å². The molecule has 0 aromatic heterocycles. The van der Waals surface area contributed by atoms with Crippen molar-refractivity contribution in [3.8, 4) is 0 Å². The minimum absolute atomic E-state index is 0.0441. The molecule has 5 nitrogen and oxygen atoms in total. The molecule has 2 aromatic carbocycles. The maximum absolute atomic E-state index is 13.4. The third-order valence-electron chi connectivity index (χ3n) is 7.25. The van der Waals surface area contributed by atoms with E-state index in [0.29, 0.717) is 12.6 Å². The highest BCUT2D eigenvalue weighted by atomic mass is 16.5. The van der Waals surface area contributed by atoms with Crippen molar-refractivity contribution in [3.05, 3.63) is 71.3 Å². The second-order valence-electron chi connectivity index (χ2n) is 9.01. The van der Waals surface area contributed by atoms with Gasteiger partial charge >= 0.3 is 6.03 Å². The highest BCUT2D eigenvalue weighted by molar-refractivity contribution is 5.76. The molecule has 0 aliphatic carbocycles. The summed E-state index contributed by atoms with van der Waals surface area (Å²) in [4.78, 5) is 18.2. The first kappa shape index (κ1) is 20.5. The standard InChI is InChI=1S/C26H33N3O2/c30-26-27-15-10-20-6-4-5-9-24(20)25(21-7-2-1-3-8-21)29(26)23-11-16-28(17-12-23)22-13-18-31-19-14-22/h1-9,22-23,25H,10-19H2,(H,27,30). The molecule has 2 aromatic rings. The van der Waals surface area contributed by atoms with Crippen LogP contribution < -0.4 is 5.32 Å². The van der Waals surface area contributed by atoms with E-state index >= 15 is 0 Å². The zero-order chi connectivity index (χ0) is 21.0. The molecule has 2 saturated heterocycles. The summed E-state index contributed by atoms with van der Waals surface area (Å²) in [5, 5.41) is 3.20. The molecule has 0 radical (unpaired) electrons. The summed E-state index contributed by atoms with van der Waals surface area (Å²) in [6, 6.07) is 20.1. The number of urea groups is 1. The molecular weight excluding hydrogens is 386 g/mol. The fourth-order valence-electron chi connectivity index (χ4n) is 5.62. The zero-order valence-corrected chi connectivity index (χ0v) is 18.2. The predicted octanol–water partition coefficient (Wildman–Crippen LogP) is 3.99. The summed E-state index contributed by atoms with van der Waals surface area (Å²) in [6.07, 6.45) is 5.19. The lowest BCUT2D eigenvalue weighted by Gasteiger charge is -2.45. The molecule has 2 fully saturated rings.